The van der Waals surface area contributed by atoms with E-state index >= 15 is 0 Å². The molecule has 1 heterocycles. The fourth-order valence-electron chi connectivity index (χ4n) is 4.46. The highest BCUT2D eigenvalue weighted by molar-refractivity contribution is 7.92. The zero-order chi connectivity index (χ0) is 25.9. The highest BCUT2D eigenvalue weighted by atomic mass is 35.5. The first-order valence-corrected chi connectivity index (χ1v) is 14.1. The Labute approximate surface area is 216 Å². The number of sulfonamides is 1. The second kappa shape index (κ2) is 11.0. The topological polar surface area (TPSA) is 105 Å². The molecule has 11 heteroatoms. The molecule has 2 aromatic rings. The first kappa shape index (κ1) is 26.1. The minimum atomic E-state index is -3.84. The molecule has 2 aromatic carbocycles. The quantitative estimate of drug-likeness (QED) is 0.528. The molecule has 0 spiro atoms. The summed E-state index contributed by atoms with van der Waals surface area (Å²) in [5, 5.41) is 3.53. The van der Waals surface area contributed by atoms with Crippen LogP contribution in [0, 0.1) is 0 Å². The molecule has 0 bridgehead atoms. The summed E-state index contributed by atoms with van der Waals surface area (Å²) in [4.78, 5) is 28.1. The molecule has 0 radical (unpaired) electrons. The third-order valence-electron chi connectivity index (χ3n) is 6.43. The maximum atomic E-state index is 13.6. The van der Waals surface area contributed by atoms with Gasteiger partial charge < -0.3 is 19.7 Å². The molecule has 1 fully saturated rings. The van der Waals surface area contributed by atoms with E-state index in [9.17, 15) is 18.0 Å². The van der Waals surface area contributed by atoms with Crippen LogP contribution in [0.4, 0.5) is 5.69 Å². The normalized spacial score (nSPS) is 16.0. The molecule has 36 heavy (non-hydrogen) atoms. The molecular formula is C25H30ClN3O6S. The lowest BCUT2D eigenvalue weighted by Gasteiger charge is -2.32. The minimum absolute atomic E-state index is 0.0393. The molecule has 9 nitrogen and oxygen atoms in total. The van der Waals surface area contributed by atoms with Crippen LogP contribution in [0.5, 0.6) is 11.5 Å². The van der Waals surface area contributed by atoms with Gasteiger partial charge in [0.25, 0.3) is 0 Å². The Morgan fingerprint density at radius 2 is 1.83 bits per heavy atom. The lowest BCUT2D eigenvalue weighted by Crippen LogP contribution is -2.52. The summed E-state index contributed by atoms with van der Waals surface area (Å²) in [6, 6.07) is 10.9. The lowest BCUT2D eigenvalue weighted by atomic mass is 10.1. The lowest BCUT2D eigenvalue weighted by molar-refractivity contribution is -0.139. The number of benzene rings is 2. The minimum Gasteiger partial charge on any atom is -0.454 e. The Balaban J connectivity index is 1.59. The Morgan fingerprint density at radius 3 is 2.53 bits per heavy atom. The number of fused-ring (bicyclic) bond motifs is 1. The van der Waals surface area contributed by atoms with E-state index in [4.69, 9.17) is 21.1 Å². The Morgan fingerprint density at radius 1 is 1.11 bits per heavy atom. The molecule has 2 aliphatic rings. The Kier molecular flexibility index (Phi) is 7.94. The summed E-state index contributed by atoms with van der Waals surface area (Å²) in [6.07, 6.45) is 4.97. The van der Waals surface area contributed by atoms with Crippen LogP contribution in [-0.4, -0.2) is 56.8 Å². The van der Waals surface area contributed by atoms with Crippen molar-refractivity contribution in [3.8, 4) is 11.5 Å². The summed E-state index contributed by atoms with van der Waals surface area (Å²) in [6.45, 7) is 1.30. The van der Waals surface area contributed by atoms with Gasteiger partial charge in [-0.05, 0) is 49.6 Å². The molecular weight excluding hydrogens is 506 g/mol. The van der Waals surface area contributed by atoms with Crippen LogP contribution in [-0.2, 0) is 26.2 Å². The van der Waals surface area contributed by atoms with E-state index in [0.29, 0.717) is 16.5 Å². The zero-order valence-electron chi connectivity index (χ0n) is 20.3. The van der Waals surface area contributed by atoms with Crippen LogP contribution in [0.3, 0.4) is 0 Å². The van der Waals surface area contributed by atoms with Crippen molar-refractivity contribution in [1.29, 1.82) is 0 Å². The summed E-state index contributed by atoms with van der Waals surface area (Å²) in [5.41, 5.74) is 0.992. The molecule has 194 valence electrons. The van der Waals surface area contributed by atoms with Crippen LogP contribution in [0.15, 0.2) is 42.5 Å². The van der Waals surface area contributed by atoms with Crippen molar-refractivity contribution in [2.24, 2.45) is 0 Å². The first-order valence-electron chi connectivity index (χ1n) is 11.8. The van der Waals surface area contributed by atoms with Crippen molar-refractivity contribution in [2.45, 2.75) is 51.2 Å². The van der Waals surface area contributed by atoms with E-state index in [2.05, 4.69) is 5.32 Å². The Hall–Kier alpha value is -2.98. The monoisotopic (exact) mass is 535 g/mol. The van der Waals surface area contributed by atoms with Gasteiger partial charge in [0, 0.05) is 23.7 Å². The van der Waals surface area contributed by atoms with E-state index in [1.807, 2.05) is 0 Å². The number of nitrogens with zero attached hydrogens (tertiary/aromatic N) is 2. The summed E-state index contributed by atoms with van der Waals surface area (Å²) >= 11 is 6.14. The standard InChI is InChI=1S/C25H30ClN3O6S/c1-17(25(31)27-20-8-3-4-9-20)28(14-18-6-5-7-19(26)12-18)24(30)15-29(36(2,32)33)21-10-11-22-23(13-21)35-16-34-22/h5-7,10-13,17,20H,3-4,8-9,14-16H2,1-2H3,(H,27,31)/t17-/m0/s1. The van der Waals surface area contributed by atoms with E-state index in [0.717, 1.165) is 41.8 Å². The number of nitrogens with one attached hydrogen (secondary N) is 1. The van der Waals surface area contributed by atoms with Gasteiger partial charge in [0.15, 0.2) is 11.5 Å². The van der Waals surface area contributed by atoms with Crippen LogP contribution in [0.25, 0.3) is 0 Å². The van der Waals surface area contributed by atoms with E-state index in [1.165, 1.54) is 11.0 Å². The number of amides is 2. The van der Waals surface area contributed by atoms with Crippen molar-refractivity contribution >= 4 is 39.1 Å². The molecule has 1 atom stereocenters. The predicted octanol–water partition coefficient (Wildman–Crippen LogP) is 3.31. The molecule has 4 rings (SSSR count). The van der Waals surface area contributed by atoms with Gasteiger partial charge >= 0.3 is 0 Å². The van der Waals surface area contributed by atoms with Crippen molar-refractivity contribution in [2.75, 3.05) is 23.9 Å². The van der Waals surface area contributed by atoms with Gasteiger partial charge in [-0.3, -0.25) is 13.9 Å². The van der Waals surface area contributed by atoms with Crippen LogP contribution >= 0.6 is 11.6 Å². The second-order valence-corrected chi connectivity index (χ2v) is 11.5. The van der Waals surface area contributed by atoms with Crippen molar-refractivity contribution in [1.82, 2.24) is 10.2 Å². The smallest absolute Gasteiger partial charge is 0.244 e. The third kappa shape index (κ3) is 6.22. The number of halogens is 1. The zero-order valence-corrected chi connectivity index (χ0v) is 21.8. The number of anilines is 1. The first-order chi connectivity index (χ1) is 17.1. The molecule has 0 saturated heterocycles. The third-order valence-corrected chi connectivity index (χ3v) is 7.81. The molecule has 0 aromatic heterocycles. The summed E-state index contributed by atoms with van der Waals surface area (Å²) in [5.74, 6) is 0.102. The predicted molar refractivity (Wildman–Crippen MR) is 137 cm³/mol. The number of rotatable bonds is 9. The molecule has 1 aliphatic carbocycles. The van der Waals surface area contributed by atoms with Crippen LogP contribution in [0.2, 0.25) is 5.02 Å². The number of hydrogen-bond donors (Lipinski definition) is 1. The van der Waals surface area contributed by atoms with E-state index in [1.54, 1.807) is 43.3 Å². The molecule has 1 aliphatic heterocycles. The average molecular weight is 536 g/mol. The van der Waals surface area contributed by atoms with E-state index < -0.39 is 28.5 Å². The Bertz CT molecular complexity index is 1230. The van der Waals surface area contributed by atoms with Gasteiger partial charge in [0.1, 0.15) is 12.6 Å². The average Bonchev–Trinajstić information content (AvgIpc) is 3.51. The summed E-state index contributed by atoms with van der Waals surface area (Å²) in [7, 11) is -3.84. The fraction of sp³-hybridized carbons (Fsp3) is 0.440. The van der Waals surface area contributed by atoms with Gasteiger partial charge in [0.2, 0.25) is 28.6 Å². The maximum absolute atomic E-state index is 13.6. The van der Waals surface area contributed by atoms with Crippen LogP contribution < -0.4 is 19.1 Å². The molecule has 2 amide bonds. The number of carbonyl (C=O) groups excluding carboxylic acids is 2. The number of hydrogen-bond acceptors (Lipinski definition) is 6. The summed E-state index contributed by atoms with van der Waals surface area (Å²) < 4.78 is 37.1. The molecule has 1 saturated carbocycles. The van der Waals surface area contributed by atoms with Gasteiger partial charge in [-0.2, -0.15) is 0 Å². The highest BCUT2D eigenvalue weighted by Crippen LogP contribution is 2.36. The van der Waals surface area contributed by atoms with Crippen LogP contribution in [0.1, 0.15) is 38.2 Å². The SMILES string of the molecule is C[C@@H](C(=O)NC1CCCC1)N(Cc1cccc(Cl)c1)C(=O)CN(c1ccc2c(c1)OCO2)S(C)(=O)=O. The fourth-order valence-corrected chi connectivity index (χ4v) is 5.51. The highest BCUT2D eigenvalue weighted by Gasteiger charge is 2.32. The van der Waals surface area contributed by atoms with Gasteiger partial charge in [-0.15, -0.1) is 0 Å². The number of carbonyl (C=O) groups is 2. The van der Waals surface area contributed by atoms with Crippen molar-refractivity contribution < 1.29 is 27.5 Å². The largest absolute Gasteiger partial charge is 0.454 e. The van der Waals surface area contributed by atoms with Gasteiger partial charge in [-0.25, -0.2) is 8.42 Å². The molecule has 0 unspecified atom stereocenters. The van der Waals surface area contributed by atoms with Gasteiger partial charge in [0.05, 0.1) is 11.9 Å². The van der Waals surface area contributed by atoms with E-state index in [-0.39, 0.29) is 31.0 Å². The van der Waals surface area contributed by atoms with Gasteiger partial charge in [-0.1, -0.05) is 36.6 Å². The maximum Gasteiger partial charge on any atom is 0.244 e. The molecule has 1 N–H and O–H groups in total. The van der Waals surface area contributed by atoms with Crippen molar-refractivity contribution in [3.63, 3.8) is 0 Å². The number of ether oxygens (including phenoxy) is 2. The van der Waals surface area contributed by atoms with Crippen molar-refractivity contribution in [3.05, 3.63) is 53.1 Å². The second-order valence-electron chi connectivity index (χ2n) is 9.12.